The van der Waals surface area contributed by atoms with E-state index in [1.165, 1.54) is 0 Å². The summed E-state index contributed by atoms with van der Waals surface area (Å²) in [5.74, 6) is 0.270. The van der Waals surface area contributed by atoms with E-state index in [0.29, 0.717) is 35.3 Å². The Hall–Kier alpha value is -2.41. The van der Waals surface area contributed by atoms with Crippen LogP contribution in [0.2, 0.25) is 0 Å². The van der Waals surface area contributed by atoms with Gasteiger partial charge in [-0.3, -0.25) is 14.4 Å². The van der Waals surface area contributed by atoms with Crippen molar-refractivity contribution in [1.29, 1.82) is 0 Å². The molecule has 3 atom stereocenters. The van der Waals surface area contributed by atoms with Crippen LogP contribution in [-0.4, -0.2) is 41.1 Å². The van der Waals surface area contributed by atoms with Crippen LogP contribution >= 0.6 is 0 Å². The van der Waals surface area contributed by atoms with Crippen molar-refractivity contribution < 1.29 is 29.0 Å². The molecule has 29 heavy (non-hydrogen) atoms. The first-order chi connectivity index (χ1) is 13.8. The fourth-order valence-electron chi connectivity index (χ4n) is 6.26. The number of hydrogen-bond donors (Lipinski definition) is 2. The lowest BCUT2D eigenvalue weighted by atomic mass is 9.48. The fraction of sp³-hybridized carbons (Fsp3) is 0.591. The minimum atomic E-state index is -0.941. The van der Waals surface area contributed by atoms with Gasteiger partial charge in [-0.15, -0.1) is 0 Å². The number of Topliss-reactive ketones (excluding diaryl/α,β-unsaturated/α-hetero) is 1. The molecule has 154 valence electrons. The van der Waals surface area contributed by atoms with Crippen molar-refractivity contribution in [2.24, 2.45) is 17.3 Å². The third-order valence-corrected chi connectivity index (χ3v) is 7.01. The summed E-state index contributed by atoms with van der Waals surface area (Å²) in [5.41, 5.74) is -0.633. The average Bonchev–Trinajstić information content (AvgIpc) is 2.64. The first-order valence-electron chi connectivity index (χ1n) is 10.3. The van der Waals surface area contributed by atoms with Crippen LogP contribution in [0.5, 0.6) is 5.75 Å². The van der Waals surface area contributed by atoms with E-state index in [9.17, 15) is 19.5 Å². The molecule has 7 nitrogen and oxygen atoms in total. The Morgan fingerprint density at radius 1 is 1.24 bits per heavy atom. The zero-order valence-electron chi connectivity index (χ0n) is 16.4. The van der Waals surface area contributed by atoms with Gasteiger partial charge in [-0.05, 0) is 75.5 Å². The molecule has 1 aromatic rings. The van der Waals surface area contributed by atoms with Gasteiger partial charge in [-0.2, -0.15) is 0 Å². The van der Waals surface area contributed by atoms with E-state index in [1.54, 1.807) is 25.1 Å². The van der Waals surface area contributed by atoms with Crippen LogP contribution < -0.4 is 10.1 Å². The van der Waals surface area contributed by atoms with Crippen LogP contribution in [0.25, 0.3) is 0 Å². The predicted octanol–water partition coefficient (Wildman–Crippen LogP) is 2.46. The molecule has 4 saturated carbocycles. The van der Waals surface area contributed by atoms with Gasteiger partial charge in [-0.25, -0.2) is 0 Å². The molecule has 1 amide bonds. The Labute approximate surface area is 168 Å². The van der Waals surface area contributed by atoms with Crippen molar-refractivity contribution in [3.63, 3.8) is 0 Å². The summed E-state index contributed by atoms with van der Waals surface area (Å²) >= 11 is 0. The number of nitrogens with one attached hydrogen (secondary N) is 1. The lowest BCUT2D eigenvalue weighted by molar-refractivity contribution is -0.197. The van der Waals surface area contributed by atoms with Crippen LogP contribution in [0.1, 0.15) is 55.8 Å². The first-order valence-corrected chi connectivity index (χ1v) is 10.3. The van der Waals surface area contributed by atoms with E-state index >= 15 is 0 Å². The van der Waals surface area contributed by atoms with E-state index in [2.05, 4.69) is 5.32 Å². The highest BCUT2D eigenvalue weighted by molar-refractivity contribution is 6.03. The van der Waals surface area contributed by atoms with Gasteiger partial charge in [0.25, 0.3) is 5.91 Å². The van der Waals surface area contributed by atoms with Crippen LogP contribution in [0.3, 0.4) is 0 Å². The molecule has 4 fully saturated rings. The molecule has 0 radical (unpaired) electrons. The third-order valence-electron chi connectivity index (χ3n) is 7.01. The second-order valence-electron chi connectivity index (χ2n) is 9.43. The van der Waals surface area contributed by atoms with E-state index in [4.69, 9.17) is 9.47 Å². The Bertz CT molecular complexity index is 895. The van der Waals surface area contributed by atoms with Crippen molar-refractivity contribution in [2.45, 2.75) is 57.2 Å². The highest BCUT2D eigenvalue weighted by Crippen LogP contribution is 2.62. The van der Waals surface area contributed by atoms with Crippen molar-refractivity contribution in [3.05, 3.63) is 23.8 Å². The maximum absolute atomic E-state index is 13.1. The molecule has 1 heterocycles. The zero-order chi connectivity index (χ0) is 20.4. The Morgan fingerprint density at radius 3 is 2.66 bits per heavy atom. The van der Waals surface area contributed by atoms with Crippen molar-refractivity contribution in [1.82, 2.24) is 0 Å². The Balaban J connectivity index is 1.31. The van der Waals surface area contributed by atoms with Crippen molar-refractivity contribution in [3.8, 4) is 5.75 Å². The van der Waals surface area contributed by atoms with E-state index < -0.39 is 17.1 Å². The molecule has 0 spiro atoms. The van der Waals surface area contributed by atoms with E-state index in [0.717, 1.165) is 32.1 Å². The van der Waals surface area contributed by atoms with Gasteiger partial charge in [0, 0.05) is 5.56 Å². The summed E-state index contributed by atoms with van der Waals surface area (Å²) in [7, 11) is 0. The summed E-state index contributed by atoms with van der Waals surface area (Å²) in [5, 5.41) is 13.5. The first kappa shape index (κ1) is 18.6. The maximum atomic E-state index is 13.1. The smallest absolute Gasteiger partial charge is 0.312 e. The molecule has 2 N–H and O–H groups in total. The predicted molar refractivity (Wildman–Crippen MR) is 103 cm³/mol. The van der Waals surface area contributed by atoms with Gasteiger partial charge in [0.15, 0.2) is 12.7 Å². The van der Waals surface area contributed by atoms with Crippen molar-refractivity contribution >= 4 is 23.3 Å². The number of anilines is 1. The molecule has 3 unspecified atom stereocenters. The molecular formula is C22H25NO6. The summed E-state index contributed by atoms with van der Waals surface area (Å²) < 4.78 is 11.0. The number of aliphatic hydroxyl groups is 1. The molecule has 4 aliphatic carbocycles. The van der Waals surface area contributed by atoms with Crippen LogP contribution in [-0.2, 0) is 14.3 Å². The molecule has 1 aromatic carbocycles. The van der Waals surface area contributed by atoms with Crippen molar-refractivity contribution in [2.75, 3.05) is 11.9 Å². The number of fused-ring (bicyclic) bond motifs is 1. The van der Waals surface area contributed by atoms with Gasteiger partial charge in [0.05, 0.1) is 16.7 Å². The average molecular weight is 399 g/mol. The number of rotatable bonds is 4. The Morgan fingerprint density at radius 2 is 1.97 bits per heavy atom. The molecule has 0 saturated heterocycles. The molecule has 4 bridgehead atoms. The van der Waals surface area contributed by atoms with Gasteiger partial charge < -0.3 is 19.9 Å². The van der Waals surface area contributed by atoms with Crippen LogP contribution in [0.15, 0.2) is 18.2 Å². The Kier molecular flexibility index (Phi) is 4.04. The summed E-state index contributed by atoms with van der Waals surface area (Å²) in [6.07, 6.45) is 3.61. The summed E-state index contributed by atoms with van der Waals surface area (Å²) in [4.78, 5) is 37.5. The standard InChI is InChI=1S/C22H25NO6/c1-12(19(25)15-2-3-17-16(5-15)23-18(24)10-28-17)29-20(26)21-6-13-4-14(7-21)9-22(27,8-13)11-21/h2-3,5,12-14,27H,4,6-11H2,1H3,(H,23,24). The number of carbonyl (C=O) groups excluding carboxylic acids is 3. The number of ether oxygens (including phenoxy) is 2. The highest BCUT2D eigenvalue weighted by atomic mass is 16.5. The van der Waals surface area contributed by atoms with Gasteiger partial charge in [-0.1, -0.05) is 0 Å². The van der Waals surface area contributed by atoms with E-state index in [1.807, 2.05) is 0 Å². The van der Waals surface area contributed by atoms with Gasteiger partial charge in [0.2, 0.25) is 5.78 Å². The van der Waals surface area contributed by atoms with Crippen LogP contribution in [0, 0.1) is 17.3 Å². The summed E-state index contributed by atoms with van der Waals surface area (Å²) in [6, 6.07) is 4.79. The van der Waals surface area contributed by atoms with Gasteiger partial charge in [0.1, 0.15) is 5.75 Å². The number of benzene rings is 1. The minimum Gasteiger partial charge on any atom is -0.482 e. The topological polar surface area (TPSA) is 102 Å². The summed E-state index contributed by atoms with van der Waals surface area (Å²) in [6.45, 7) is 1.52. The number of carbonyl (C=O) groups is 3. The second kappa shape index (κ2) is 6.29. The number of amides is 1. The number of hydrogen-bond acceptors (Lipinski definition) is 6. The number of esters is 1. The second-order valence-corrected chi connectivity index (χ2v) is 9.43. The monoisotopic (exact) mass is 399 g/mol. The number of ketones is 1. The molecule has 1 aliphatic heterocycles. The van der Waals surface area contributed by atoms with E-state index in [-0.39, 0.29) is 24.3 Å². The normalized spacial score (nSPS) is 35.3. The quantitative estimate of drug-likeness (QED) is 0.596. The fourth-order valence-corrected chi connectivity index (χ4v) is 6.26. The molecular weight excluding hydrogens is 374 g/mol. The van der Waals surface area contributed by atoms with Crippen LogP contribution in [0.4, 0.5) is 5.69 Å². The SMILES string of the molecule is CC(OC(=O)C12CC3CC(CC(O)(C3)C1)C2)C(=O)c1ccc2c(c1)NC(=O)CO2. The lowest BCUT2D eigenvalue weighted by Crippen LogP contribution is -2.58. The molecule has 7 heteroatoms. The molecule has 0 aromatic heterocycles. The lowest BCUT2D eigenvalue weighted by Gasteiger charge is -2.58. The molecule has 6 rings (SSSR count). The minimum absolute atomic E-state index is 0.0509. The largest absolute Gasteiger partial charge is 0.482 e. The zero-order valence-corrected chi connectivity index (χ0v) is 16.4. The highest BCUT2D eigenvalue weighted by Gasteiger charge is 2.61. The third kappa shape index (κ3) is 3.12. The molecule has 5 aliphatic rings. The maximum Gasteiger partial charge on any atom is 0.312 e. The van der Waals surface area contributed by atoms with Gasteiger partial charge >= 0.3 is 5.97 Å².